The maximum absolute atomic E-state index is 5.17. The summed E-state index contributed by atoms with van der Waals surface area (Å²) < 4.78 is 2.28. The van der Waals surface area contributed by atoms with Crippen LogP contribution in [-0.2, 0) is 37.3 Å². The third-order valence-corrected chi connectivity index (χ3v) is 10.6. The van der Waals surface area contributed by atoms with Gasteiger partial charge in [-0.05, 0) is 78.7 Å². The fourth-order valence-corrected chi connectivity index (χ4v) is 7.69. The van der Waals surface area contributed by atoms with Crippen LogP contribution in [0.5, 0.6) is 0 Å². The molecule has 6 heteroatoms. The number of anilines is 1. The van der Waals surface area contributed by atoms with E-state index in [9.17, 15) is 0 Å². The van der Waals surface area contributed by atoms with Crippen LogP contribution in [-0.4, -0.2) is 26.3 Å². The third-order valence-electron chi connectivity index (χ3n) is 10.6. The number of hydrogen-bond acceptors (Lipinski definition) is 4. The average molecular weight is 836 g/mol. The first kappa shape index (κ1) is 34.0. The zero-order valence-corrected chi connectivity index (χ0v) is 32.2. The Morgan fingerprint density at radius 1 is 0.780 bits per heavy atom. The molecule has 0 fully saturated rings. The van der Waals surface area contributed by atoms with Crippen LogP contribution in [0.1, 0.15) is 85.1 Å². The van der Waals surface area contributed by atoms with E-state index in [-0.39, 0.29) is 26.5 Å². The molecule has 256 valence electrons. The fraction of sp³-hybridized carbons (Fsp3) is 0.250. The van der Waals surface area contributed by atoms with Crippen molar-refractivity contribution in [3.05, 3.63) is 173 Å². The van der Waals surface area contributed by atoms with Gasteiger partial charge in [-0.3, -0.25) is 9.97 Å². The molecule has 8 rings (SSSR count). The Labute approximate surface area is 311 Å². The van der Waals surface area contributed by atoms with Crippen molar-refractivity contribution >= 4 is 11.3 Å². The second kappa shape index (κ2) is 12.1. The quantitative estimate of drug-likeness (QED) is 0.162. The Balaban J connectivity index is 0.00000392. The molecular weight excluding hydrogens is 794 g/mol. The first-order valence-electron chi connectivity index (χ1n) is 17.1. The Bertz CT molecular complexity index is 2240. The van der Waals surface area contributed by atoms with Crippen LogP contribution in [0.15, 0.2) is 104 Å². The van der Waals surface area contributed by atoms with Crippen LogP contribution in [0.2, 0.25) is 0 Å². The zero-order chi connectivity index (χ0) is 34.3. The van der Waals surface area contributed by atoms with E-state index in [0.29, 0.717) is 0 Å². The van der Waals surface area contributed by atoms with E-state index >= 15 is 0 Å². The Hall–Kier alpha value is -4.47. The van der Waals surface area contributed by atoms with Crippen molar-refractivity contribution in [3.8, 4) is 11.1 Å². The molecule has 50 heavy (non-hydrogen) atoms. The normalized spacial score (nSPS) is 15.0. The number of pyridine rings is 2. The van der Waals surface area contributed by atoms with Gasteiger partial charge in [-0.15, -0.1) is 22.4 Å². The van der Waals surface area contributed by atoms with Crippen LogP contribution in [0, 0.1) is 32.6 Å². The molecule has 6 aromatic rings. The van der Waals surface area contributed by atoms with Gasteiger partial charge in [0.25, 0.3) is 0 Å². The molecule has 1 aliphatic heterocycles. The van der Waals surface area contributed by atoms with E-state index in [1.54, 1.807) is 0 Å². The van der Waals surface area contributed by atoms with E-state index in [0.717, 1.165) is 45.1 Å². The van der Waals surface area contributed by atoms with Gasteiger partial charge < -0.3 is 14.2 Å². The molecule has 3 aromatic heterocycles. The number of nitrogens with zero attached hydrogens (tertiary/aromatic N) is 5. The SMILES string of the molecule is Cc1nc2c(C(C)(C)c3cc(C(C)(C)C)ccn3)[c-]c(C3(c4[c-]c(N5C=CN(C)[CH-]5)ccc4)c4ccccc4-c4ccccc43)cn2c1C.[Pt]. The molecule has 1 aliphatic carbocycles. The third kappa shape index (κ3) is 5.08. The smallest absolute Gasteiger partial charge is 0.0486 e. The van der Waals surface area contributed by atoms with Crippen LogP contribution < -0.4 is 4.90 Å². The van der Waals surface area contributed by atoms with Crippen molar-refractivity contribution in [2.24, 2.45) is 0 Å². The fourth-order valence-electron chi connectivity index (χ4n) is 7.69. The molecule has 0 saturated heterocycles. The predicted octanol–water partition coefficient (Wildman–Crippen LogP) is 9.27. The van der Waals surface area contributed by atoms with Gasteiger partial charge in [0.05, 0.1) is 0 Å². The number of hydrogen-bond donors (Lipinski definition) is 0. The summed E-state index contributed by atoms with van der Waals surface area (Å²) in [4.78, 5) is 14.3. The minimum atomic E-state index is -0.692. The van der Waals surface area contributed by atoms with Gasteiger partial charge in [0.2, 0.25) is 0 Å². The van der Waals surface area contributed by atoms with Gasteiger partial charge in [0.1, 0.15) is 0 Å². The van der Waals surface area contributed by atoms with Crippen LogP contribution in [0.4, 0.5) is 5.69 Å². The summed E-state index contributed by atoms with van der Waals surface area (Å²) in [5, 5.41) is 0. The molecule has 0 amide bonds. The standard InChI is InChI=1S/C44H42N5.Pt/c1-29-30(2)49-27-33(25-39(41(49)46-29)43(6,7)40-26-31(20-21-45-40)42(3,4)5)44(32-14-13-15-34(24-32)48-23-22-47(8)28-48)37-18-11-9-16-35(37)36-17-10-12-19-38(36)44;/h9-23,26-28H,1-8H3;/q-3;. The maximum Gasteiger partial charge on any atom is 0.0486 e. The molecule has 4 heterocycles. The summed E-state index contributed by atoms with van der Waals surface area (Å²) in [6.45, 7) is 17.6. The summed E-state index contributed by atoms with van der Waals surface area (Å²) in [5.41, 5.74) is 13.1. The first-order valence-corrected chi connectivity index (χ1v) is 17.1. The van der Waals surface area contributed by atoms with E-state index < -0.39 is 10.8 Å². The summed E-state index contributed by atoms with van der Waals surface area (Å²) in [5.74, 6) is 0. The number of imidazole rings is 1. The van der Waals surface area contributed by atoms with Gasteiger partial charge >= 0.3 is 0 Å². The van der Waals surface area contributed by atoms with Crippen molar-refractivity contribution in [2.75, 3.05) is 11.9 Å². The Morgan fingerprint density at radius 2 is 1.46 bits per heavy atom. The molecule has 5 nitrogen and oxygen atoms in total. The molecule has 3 aromatic carbocycles. The van der Waals surface area contributed by atoms with E-state index in [1.165, 1.54) is 27.8 Å². The Morgan fingerprint density at radius 3 is 2.10 bits per heavy atom. The van der Waals surface area contributed by atoms with Gasteiger partial charge in [0, 0.05) is 60.8 Å². The number of aromatic nitrogens is 3. The number of fused-ring (bicyclic) bond motifs is 4. The average Bonchev–Trinajstić information content (AvgIpc) is 3.76. The molecule has 0 atom stereocenters. The number of aryl methyl sites for hydroxylation is 2. The van der Waals surface area contributed by atoms with Crippen LogP contribution in [0.25, 0.3) is 16.8 Å². The largest absolute Gasteiger partial charge is 0.510 e. The first-order chi connectivity index (χ1) is 23.4. The molecule has 0 spiro atoms. The summed E-state index contributed by atoms with van der Waals surface area (Å²) in [6, 6.07) is 36.6. The molecule has 0 radical (unpaired) electrons. The van der Waals surface area contributed by atoms with Crippen molar-refractivity contribution in [3.63, 3.8) is 0 Å². The molecule has 2 aliphatic rings. The number of benzene rings is 3. The minimum absolute atomic E-state index is 0. The summed E-state index contributed by atoms with van der Waals surface area (Å²) >= 11 is 0. The zero-order valence-electron chi connectivity index (χ0n) is 29.9. The molecular formula is C44H42N5Pt-3. The second-order valence-electron chi connectivity index (χ2n) is 15.1. The topological polar surface area (TPSA) is 36.7 Å². The van der Waals surface area contributed by atoms with E-state index in [2.05, 4.69) is 179 Å². The minimum Gasteiger partial charge on any atom is -0.510 e. The van der Waals surface area contributed by atoms with Crippen LogP contribution >= 0.6 is 0 Å². The summed E-state index contributed by atoms with van der Waals surface area (Å²) in [6.07, 6.45) is 8.36. The second-order valence-corrected chi connectivity index (χ2v) is 15.1. The summed E-state index contributed by atoms with van der Waals surface area (Å²) in [7, 11) is 2.04. The molecule has 0 unspecified atom stereocenters. The van der Waals surface area contributed by atoms with Gasteiger partial charge in [0.15, 0.2) is 0 Å². The van der Waals surface area contributed by atoms with Crippen molar-refractivity contribution < 1.29 is 21.1 Å². The van der Waals surface area contributed by atoms with Crippen molar-refractivity contribution in [1.29, 1.82) is 0 Å². The van der Waals surface area contributed by atoms with Gasteiger partial charge in [-0.2, -0.15) is 37.0 Å². The Kier molecular flexibility index (Phi) is 8.22. The van der Waals surface area contributed by atoms with Crippen molar-refractivity contribution in [1.82, 2.24) is 19.3 Å². The monoisotopic (exact) mass is 835 g/mol. The molecule has 0 bridgehead atoms. The maximum atomic E-state index is 5.17. The van der Waals surface area contributed by atoms with Gasteiger partial charge in [-0.25, -0.2) is 0 Å². The van der Waals surface area contributed by atoms with Crippen LogP contribution in [0.3, 0.4) is 0 Å². The number of rotatable bonds is 5. The molecule has 0 N–H and O–H groups in total. The van der Waals surface area contributed by atoms with Gasteiger partial charge in [-0.1, -0.05) is 89.3 Å². The van der Waals surface area contributed by atoms with E-state index in [4.69, 9.17) is 9.97 Å². The predicted molar refractivity (Wildman–Crippen MR) is 198 cm³/mol. The molecule has 0 saturated carbocycles. The van der Waals surface area contributed by atoms with E-state index in [1.807, 2.05) is 13.2 Å². The van der Waals surface area contributed by atoms with Crippen molar-refractivity contribution in [2.45, 2.75) is 64.7 Å².